The van der Waals surface area contributed by atoms with Crippen LogP contribution in [-0.4, -0.2) is 17.6 Å². The van der Waals surface area contributed by atoms with Crippen molar-refractivity contribution in [2.45, 2.75) is 17.7 Å². The predicted octanol–water partition coefficient (Wildman–Crippen LogP) is 2.70. The van der Waals surface area contributed by atoms with Gasteiger partial charge in [-0.1, -0.05) is 42.5 Å². The van der Waals surface area contributed by atoms with Crippen LogP contribution in [0.4, 0.5) is 4.39 Å². The molecule has 2 rings (SSSR count). The fourth-order valence-electron chi connectivity index (χ4n) is 1.85. The van der Waals surface area contributed by atoms with Gasteiger partial charge in [-0.25, -0.2) is 4.39 Å². The molecule has 0 aliphatic carbocycles. The number of benzene rings is 2. The zero-order valence-electron chi connectivity index (χ0n) is 12.4. The Kier molecular flexibility index (Phi) is 6.62. The maximum absolute atomic E-state index is 13.4. The average molecular weight is 332 g/mol. The highest BCUT2D eigenvalue weighted by Crippen LogP contribution is 2.20. The molecule has 0 saturated carbocycles. The van der Waals surface area contributed by atoms with Crippen LogP contribution < -0.4 is 10.9 Å². The average Bonchev–Trinajstić information content (AvgIpc) is 2.58. The normalized spacial score (nSPS) is 10.1. The molecule has 0 saturated heterocycles. The summed E-state index contributed by atoms with van der Waals surface area (Å²) in [4.78, 5) is 23.7. The largest absolute Gasteiger partial charge is 0.273 e. The topological polar surface area (TPSA) is 58.2 Å². The van der Waals surface area contributed by atoms with E-state index in [1.165, 1.54) is 6.07 Å². The van der Waals surface area contributed by atoms with E-state index >= 15 is 0 Å². The van der Waals surface area contributed by atoms with Crippen molar-refractivity contribution in [1.82, 2.24) is 10.9 Å². The number of rotatable bonds is 6. The lowest BCUT2D eigenvalue weighted by atomic mass is 10.1. The summed E-state index contributed by atoms with van der Waals surface area (Å²) in [5.74, 6) is -0.985. The van der Waals surface area contributed by atoms with Gasteiger partial charge in [-0.2, -0.15) is 0 Å². The number of halogens is 1. The van der Waals surface area contributed by atoms with Gasteiger partial charge in [0.2, 0.25) is 11.8 Å². The first-order valence-corrected chi connectivity index (χ1v) is 8.12. The second kappa shape index (κ2) is 8.95. The first-order chi connectivity index (χ1) is 11.1. The number of amides is 2. The molecule has 0 atom stereocenters. The Labute approximate surface area is 138 Å². The minimum atomic E-state index is -0.383. The Balaban J connectivity index is 1.66. The van der Waals surface area contributed by atoms with Crippen molar-refractivity contribution in [3.63, 3.8) is 0 Å². The van der Waals surface area contributed by atoms with E-state index in [0.717, 1.165) is 17.3 Å². The Morgan fingerprint density at radius 2 is 1.57 bits per heavy atom. The van der Waals surface area contributed by atoms with Crippen LogP contribution >= 0.6 is 11.8 Å². The highest BCUT2D eigenvalue weighted by atomic mass is 32.2. The Morgan fingerprint density at radius 1 is 0.913 bits per heavy atom. The zero-order chi connectivity index (χ0) is 16.5. The second-order valence-electron chi connectivity index (χ2n) is 4.80. The minimum Gasteiger partial charge on any atom is -0.273 e. The number of hydrogen-bond donors (Lipinski definition) is 2. The van der Waals surface area contributed by atoms with E-state index in [4.69, 9.17) is 0 Å². The SMILES string of the molecule is O=C(CCc1ccccc1)NNC(=O)CSc1ccccc1F. The fraction of sp³-hybridized carbons (Fsp3) is 0.176. The molecule has 0 aliphatic heterocycles. The van der Waals surface area contributed by atoms with Crippen LogP contribution in [0.5, 0.6) is 0 Å². The van der Waals surface area contributed by atoms with Crippen LogP contribution in [0.1, 0.15) is 12.0 Å². The van der Waals surface area contributed by atoms with Crippen molar-refractivity contribution in [2.75, 3.05) is 5.75 Å². The summed E-state index contributed by atoms with van der Waals surface area (Å²) in [5.41, 5.74) is 5.74. The molecule has 2 amide bonds. The van der Waals surface area contributed by atoms with Crippen LogP contribution in [0.3, 0.4) is 0 Å². The van der Waals surface area contributed by atoms with Gasteiger partial charge in [0, 0.05) is 11.3 Å². The quantitative estimate of drug-likeness (QED) is 0.632. The van der Waals surface area contributed by atoms with Gasteiger partial charge in [0.15, 0.2) is 0 Å². The smallest absolute Gasteiger partial charge is 0.248 e. The highest BCUT2D eigenvalue weighted by Gasteiger charge is 2.08. The lowest BCUT2D eigenvalue weighted by Crippen LogP contribution is -2.42. The van der Waals surface area contributed by atoms with Crippen molar-refractivity contribution in [1.29, 1.82) is 0 Å². The summed E-state index contributed by atoms with van der Waals surface area (Å²) in [6.45, 7) is 0. The number of aryl methyl sites for hydroxylation is 1. The van der Waals surface area contributed by atoms with Crippen molar-refractivity contribution in [2.24, 2.45) is 0 Å². The number of carbonyl (C=O) groups excluding carboxylic acids is 2. The molecule has 0 unspecified atom stereocenters. The van der Waals surface area contributed by atoms with Gasteiger partial charge in [0.05, 0.1) is 5.75 Å². The van der Waals surface area contributed by atoms with Gasteiger partial charge in [0.25, 0.3) is 0 Å². The monoisotopic (exact) mass is 332 g/mol. The maximum atomic E-state index is 13.4. The summed E-state index contributed by atoms with van der Waals surface area (Å²) < 4.78 is 13.4. The van der Waals surface area contributed by atoms with Gasteiger partial charge >= 0.3 is 0 Å². The summed E-state index contributed by atoms with van der Waals surface area (Å²) in [7, 11) is 0. The third-order valence-corrected chi connectivity index (χ3v) is 4.07. The van der Waals surface area contributed by atoms with E-state index in [2.05, 4.69) is 10.9 Å². The molecule has 23 heavy (non-hydrogen) atoms. The highest BCUT2D eigenvalue weighted by molar-refractivity contribution is 8.00. The third kappa shape index (κ3) is 6.12. The molecule has 6 heteroatoms. The van der Waals surface area contributed by atoms with Crippen LogP contribution in [-0.2, 0) is 16.0 Å². The molecule has 0 aromatic heterocycles. The van der Waals surface area contributed by atoms with E-state index in [1.807, 2.05) is 30.3 Å². The number of carbonyl (C=O) groups is 2. The van der Waals surface area contributed by atoms with E-state index in [9.17, 15) is 14.0 Å². The second-order valence-corrected chi connectivity index (χ2v) is 5.82. The third-order valence-electron chi connectivity index (χ3n) is 3.02. The van der Waals surface area contributed by atoms with Gasteiger partial charge < -0.3 is 0 Å². The van der Waals surface area contributed by atoms with Crippen molar-refractivity contribution < 1.29 is 14.0 Å². The molecule has 0 bridgehead atoms. The minimum absolute atomic E-state index is 0.0277. The molecule has 2 aromatic carbocycles. The molecule has 0 heterocycles. The molecule has 0 fully saturated rings. The predicted molar refractivity (Wildman–Crippen MR) is 88.2 cm³/mol. The zero-order valence-corrected chi connectivity index (χ0v) is 13.2. The summed E-state index contributed by atoms with van der Waals surface area (Å²) >= 11 is 1.08. The molecule has 2 aromatic rings. The Morgan fingerprint density at radius 3 is 2.30 bits per heavy atom. The molecule has 0 radical (unpaired) electrons. The first-order valence-electron chi connectivity index (χ1n) is 7.14. The molecule has 0 spiro atoms. The van der Waals surface area contributed by atoms with Crippen molar-refractivity contribution in [3.8, 4) is 0 Å². The standard InChI is InChI=1S/C17H17FN2O2S/c18-14-8-4-5-9-15(14)23-12-17(22)20-19-16(21)11-10-13-6-2-1-3-7-13/h1-9H,10-12H2,(H,19,21)(H,20,22). The molecule has 4 nitrogen and oxygen atoms in total. The Hall–Kier alpha value is -2.34. The molecule has 120 valence electrons. The van der Waals surface area contributed by atoms with Gasteiger partial charge in [-0.05, 0) is 24.1 Å². The first kappa shape index (κ1) is 17.0. The lowest BCUT2D eigenvalue weighted by Gasteiger charge is -2.07. The number of hydrazine groups is 1. The number of hydrogen-bond acceptors (Lipinski definition) is 3. The maximum Gasteiger partial charge on any atom is 0.248 e. The summed E-state index contributed by atoms with van der Waals surface area (Å²) in [6, 6.07) is 15.9. The van der Waals surface area contributed by atoms with E-state index in [1.54, 1.807) is 18.2 Å². The molecular formula is C17H17FN2O2S. The molecule has 0 aliphatic rings. The molecular weight excluding hydrogens is 315 g/mol. The number of thioether (sulfide) groups is 1. The van der Waals surface area contributed by atoms with Crippen LogP contribution in [0.25, 0.3) is 0 Å². The van der Waals surface area contributed by atoms with Gasteiger partial charge in [-0.3, -0.25) is 20.4 Å². The fourth-order valence-corrected chi connectivity index (χ4v) is 2.59. The van der Waals surface area contributed by atoms with Crippen LogP contribution in [0.2, 0.25) is 0 Å². The van der Waals surface area contributed by atoms with Crippen molar-refractivity contribution >= 4 is 23.6 Å². The number of nitrogens with one attached hydrogen (secondary N) is 2. The van der Waals surface area contributed by atoms with E-state index in [-0.39, 0.29) is 29.8 Å². The lowest BCUT2D eigenvalue weighted by molar-refractivity contribution is -0.127. The van der Waals surface area contributed by atoms with Crippen LogP contribution in [0.15, 0.2) is 59.5 Å². The summed E-state index contributed by atoms with van der Waals surface area (Å²) in [6.07, 6.45) is 0.886. The van der Waals surface area contributed by atoms with E-state index < -0.39 is 0 Å². The van der Waals surface area contributed by atoms with Crippen LogP contribution in [0, 0.1) is 5.82 Å². The van der Waals surface area contributed by atoms with Gasteiger partial charge in [-0.15, -0.1) is 11.8 Å². The molecule has 2 N–H and O–H groups in total. The van der Waals surface area contributed by atoms with Crippen molar-refractivity contribution in [3.05, 3.63) is 66.0 Å². The van der Waals surface area contributed by atoms with Gasteiger partial charge in [0.1, 0.15) is 5.82 Å². The Bertz CT molecular complexity index is 665. The van der Waals surface area contributed by atoms with E-state index in [0.29, 0.717) is 11.3 Å². The summed E-state index contributed by atoms with van der Waals surface area (Å²) in [5, 5.41) is 0.